The highest BCUT2D eigenvalue weighted by molar-refractivity contribution is 6.31. The summed E-state index contributed by atoms with van der Waals surface area (Å²) in [7, 11) is 1.88. The molecule has 72 valence electrons. The molecule has 1 aromatic rings. The first-order valence-electron chi connectivity index (χ1n) is 4.28. The molecule has 0 aliphatic rings. The SMILES string of the molecule is CNCC=Cc1ccc(Cl)c(C#N)c1. The Hall–Kier alpha value is -1.30. The van der Waals surface area contributed by atoms with E-state index in [1.807, 2.05) is 31.3 Å². The van der Waals surface area contributed by atoms with Crippen molar-refractivity contribution >= 4 is 17.7 Å². The normalized spacial score (nSPS) is 10.4. The van der Waals surface area contributed by atoms with Gasteiger partial charge in [-0.15, -0.1) is 0 Å². The molecule has 0 amide bonds. The molecular formula is C11H11ClN2. The lowest BCUT2D eigenvalue weighted by atomic mass is 10.1. The molecule has 0 radical (unpaired) electrons. The van der Waals surface area contributed by atoms with Gasteiger partial charge in [-0.2, -0.15) is 5.26 Å². The van der Waals surface area contributed by atoms with E-state index < -0.39 is 0 Å². The third-order valence-corrected chi connectivity index (χ3v) is 2.07. The van der Waals surface area contributed by atoms with Gasteiger partial charge in [0.1, 0.15) is 6.07 Å². The predicted octanol–water partition coefficient (Wildman–Crippen LogP) is 2.44. The van der Waals surface area contributed by atoms with Crippen molar-refractivity contribution in [1.82, 2.24) is 5.32 Å². The van der Waals surface area contributed by atoms with Gasteiger partial charge in [0.05, 0.1) is 10.6 Å². The molecule has 3 heteroatoms. The van der Waals surface area contributed by atoms with Crippen LogP contribution in [-0.2, 0) is 0 Å². The van der Waals surface area contributed by atoms with Gasteiger partial charge in [-0.05, 0) is 24.7 Å². The van der Waals surface area contributed by atoms with Crippen LogP contribution in [0.1, 0.15) is 11.1 Å². The molecular weight excluding hydrogens is 196 g/mol. The molecule has 0 bridgehead atoms. The third kappa shape index (κ3) is 2.88. The Morgan fingerprint density at radius 1 is 1.57 bits per heavy atom. The molecule has 14 heavy (non-hydrogen) atoms. The maximum absolute atomic E-state index is 8.74. The number of nitriles is 1. The summed E-state index contributed by atoms with van der Waals surface area (Å²) in [5.74, 6) is 0. The quantitative estimate of drug-likeness (QED) is 0.825. The average molecular weight is 207 g/mol. The summed E-state index contributed by atoms with van der Waals surface area (Å²) in [6.45, 7) is 0.810. The molecule has 0 aromatic heterocycles. The Morgan fingerprint density at radius 3 is 3.00 bits per heavy atom. The van der Waals surface area contributed by atoms with E-state index in [0.29, 0.717) is 10.6 Å². The van der Waals surface area contributed by atoms with Crippen LogP contribution in [0, 0.1) is 11.3 Å². The summed E-state index contributed by atoms with van der Waals surface area (Å²) in [6.07, 6.45) is 3.94. The summed E-state index contributed by atoms with van der Waals surface area (Å²) in [5, 5.41) is 12.2. The van der Waals surface area contributed by atoms with Crippen molar-refractivity contribution in [3.05, 3.63) is 40.4 Å². The molecule has 0 aliphatic heterocycles. The second-order valence-electron chi connectivity index (χ2n) is 2.81. The zero-order chi connectivity index (χ0) is 10.4. The van der Waals surface area contributed by atoms with Gasteiger partial charge >= 0.3 is 0 Å². The lowest BCUT2D eigenvalue weighted by Crippen LogP contribution is -2.03. The molecule has 0 spiro atoms. The van der Waals surface area contributed by atoms with E-state index in [1.165, 1.54) is 0 Å². The van der Waals surface area contributed by atoms with Crippen LogP contribution in [0.2, 0.25) is 5.02 Å². The molecule has 0 heterocycles. The topological polar surface area (TPSA) is 35.8 Å². The predicted molar refractivity (Wildman–Crippen MR) is 59.1 cm³/mol. The number of benzene rings is 1. The number of hydrogen-bond acceptors (Lipinski definition) is 2. The van der Waals surface area contributed by atoms with E-state index in [1.54, 1.807) is 12.1 Å². The maximum Gasteiger partial charge on any atom is 0.101 e. The minimum absolute atomic E-state index is 0.498. The lowest BCUT2D eigenvalue weighted by Gasteiger charge is -1.97. The van der Waals surface area contributed by atoms with Crippen LogP contribution in [0.3, 0.4) is 0 Å². The zero-order valence-electron chi connectivity index (χ0n) is 7.92. The van der Waals surface area contributed by atoms with Crippen molar-refractivity contribution in [1.29, 1.82) is 5.26 Å². The second kappa shape index (κ2) is 5.43. The van der Waals surface area contributed by atoms with E-state index in [9.17, 15) is 0 Å². The lowest BCUT2D eigenvalue weighted by molar-refractivity contribution is 0.922. The highest BCUT2D eigenvalue weighted by Gasteiger charge is 1.98. The highest BCUT2D eigenvalue weighted by atomic mass is 35.5. The summed E-state index contributed by atoms with van der Waals surface area (Å²) in [6, 6.07) is 7.44. The van der Waals surface area contributed by atoms with Crippen LogP contribution >= 0.6 is 11.6 Å². The molecule has 2 nitrogen and oxygen atoms in total. The van der Waals surface area contributed by atoms with Crippen molar-refractivity contribution in [2.75, 3.05) is 13.6 Å². The van der Waals surface area contributed by atoms with Crippen molar-refractivity contribution in [2.45, 2.75) is 0 Å². The van der Waals surface area contributed by atoms with Gasteiger partial charge < -0.3 is 5.32 Å². The average Bonchev–Trinajstić information content (AvgIpc) is 2.21. The third-order valence-electron chi connectivity index (χ3n) is 1.74. The van der Waals surface area contributed by atoms with Crippen LogP contribution in [0.4, 0.5) is 0 Å². The van der Waals surface area contributed by atoms with Gasteiger partial charge in [0.2, 0.25) is 0 Å². The van der Waals surface area contributed by atoms with Crippen LogP contribution in [-0.4, -0.2) is 13.6 Å². The number of nitrogens with one attached hydrogen (secondary N) is 1. The zero-order valence-corrected chi connectivity index (χ0v) is 8.67. The Bertz CT molecular complexity index is 377. The fourth-order valence-corrected chi connectivity index (χ4v) is 1.20. The van der Waals surface area contributed by atoms with Gasteiger partial charge in [0.25, 0.3) is 0 Å². The standard InChI is InChI=1S/C11H11ClN2/c1-14-6-2-3-9-4-5-11(12)10(7-9)8-13/h2-5,7,14H,6H2,1H3. The number of hydrogen-bond donors (Lipinski definition) is 1. The monoisotopic (exact) mass is 206 g/mol. The highest BCUT2D eigenvalue weighted by Crippen LogP contribution is 2.17. The number of halogens is 1. The summed E-state index contributed by atoms with van der Waals surface area (Å²) in [4.78, 5) is 0. The maximum atomic E-state index is 8.74. The molecule has 1 aromatic carbocycles. The van der Waals surface area contributed by atoms with E-state index in [0.717, 1.165) is 12.1 Å². The minimum Gasteiger partial charge on any atom is -0.316 e. The van der Waals surface area contributed by atoms with E-state index in [2.05, 4.69) is 5.32 Å². The summed E-state index contributed by atoms with van der Waals surface area (Å²) in [5.41, 5.74) is 1.50. The van der Waals surface area contributed by atoms with Crippen LogP contribution in [0.15, 0.2) is 24.3 Å². The minimum atomic E-state index is 0.498. The fourth-order valence-electron chi connectivity index (χ4n) is 1.05. The number of likely N-dealkylation sites (N-methyl/N-ethyl adjacent to an activating group) is 1. The first-order chi connectivity index (χ1) is 6.77. The van der Waals surface area contributed by atoms with Gasteiger partial charge in [0.15, 0.2) is 0 Å². The molecule has 0 aliphatic carbocycles. The van der Waals surface area contributed by atoms with Gasteiger partial charge in [-0.1, -0.05) is 29.8 Å². The Morgan fingerprint density at radius 2 is 2.36 bits per heavy atom. The summed E-state index contributed by atoms with van der Waals surface area (Å²) >= 11 is 5.80. The van der Waals surface area contributed by atoms with E-state index in [4.69, 9.17) is 16.9 Å². The molecule has 0 saturated heterocycles. The van der Waals surface area contributed by atoms with Crippen molar-refractivity contribution in [3.8, 4) is 6.07 Å². The van der Waals surface area contributed by atoms with E-state index in [-0.39, 0.29) is 0 Å². The van der Waals surface area contributed by atoms with Crippen molar-refractivity contribution in [2.24, 2.45) is 0 Å². The van der Waals surface area contributed by atoms with E-state index >= 15 is 0 Å². The smallest absolute Gasteiger partial charge is 0.101 e. The Kier molecular flexibility index (Phi) is 4.18. The first kappa shape index (κ1) is 10.8. The molecule has 0 atom stereocenters. The Labute approximate surface area is 88.8 Å². The molecule has 0 unspecified atom stereocenters. The first-order valence-corrected chi connectivity index (χ1v) is 4.66. The molecule has 1 N–H and O–H groups in total. The Balaban J connectivity index is 2.86. The largest absolute Gasteiger partial charge is 0.316 e. The fraction of sp³-hybridized carbons (Fsp3) is 0.182. The molecule has 0 fully saturated rings. The van der Waals surface area contributed by atoms with Crippen LogP contribution in [0.5, 0.6) is 0 Å². The van der Waals surface area contributed by atoms with Crippen molar-refractivity contribution in [3.63, 3.8) is 0 Å². The van der Waals surface area contributed by atoms with Gasteiger partial charge in [-0.25, -0.2) is 0 Å². The van der Waals surface area contributed by atoms with Gasteiger partial charge in [-0.3, -0.25) is 0 Å². The summed E-state index contributed by atoms with van der Waals surface area (Å²) < 4.78 is 0. The number of rotatable bonds is 3. The number of nitrogens with zero attached hydrogens (tertiary/aromatic N) is 1. The van der Waals surface area contributed by atoms with Crippen molar-refractivity contribution < 1.29 is 0 Å². The second-order valence-corrected chi connectivity index (χ2v) is 3.22. The van der Waals surface area contributed by atoms with Crippen LogP contribution in [0.25, 0.3) is 6.08 Å². The van der Waals surface area contributed by atoms with Crippen LogP contribution < -0.4 is 5.32 Å². The molecule has 1 rings (SSSR count). The molecule has 0 saturated carbocycles. The van der Waals surface area contributed by atoms with Gasteiger partial charge in [0, 0.05) is 6.54 Å².